The Balaban J connectivity index is 1.84. The second-order valence-electron chi connectivity index (χ2n) is 6.82. The van der Waals surface area contributed by atoms with Crippen LogP contribution in [0.25, 0.3) is 0 Å². The molecule has 132 valence electrons. The van der Waals surface area contributed by atoms with Crippen molar-refractivity contribution in [3.8, 4) is 0 Å². The van der Waals surface area contributed by atoms with Crippen molar-refractivity contribution < 1.29 is 14.3 Å². The van der Waals surface area contributed by atoms with Crippen LogP contribution >= 0.6 is 15.9 Å². The van der Waals surface area contributed by atoms with Crippen molar-refractivity contribution in [2.75, 3.05) is 11.5 Å². The van der Waals surface area contributed by atoms with Crippen LogP contribution in [-0.4, -0.2) is 18.5 Å². The minimum absolute atomic E-state index is 0.0139. The Morgan fingerprint density at radius 1 is 1.04 bits per heavy atom. The number of aryl methyl sites for hydroxylation is 2. The first kappa shape index (κ1) is 17.0. The quantitative estimate of drug-likeness (QED) is 0.688. The van der Waals surface area contributed by atoms with Crippen molar-refractivity contribution in [1.29, 1.82) is 0 Å². The van der Waals surface area contributed by atoms with Gasteiger partial charge in [-0.2, -0.15) is 0 Å². The summed E-state index contributed by atoms with van der Waals surface area (Å²) >= 11 is 3.42. The van der Waals surface area contributed by atoms with Crippen LogP contribution in [0, 0.1) is 13.8 Å². The van der Waals surface area contributed by atoms with Crippen molar-refractivity contribution in [2.24, 2.45) is 0 Å². The fourth-order valence-electron chi connectivity index (χ4n) is 3.81. The largest absolute Gasteiger partial charge is 0.456 e. The number of amides is 1. The number of hydrogen-bond donors (Lipinski definition) is 0. The van der Waals surface area contributed by atoms with Gasteiger partial charge in [0.2, 0.25) is 5.91 Å². The molecule has 1 atom stereocenters. The van der Waals surface area contributed by atoms with Crippen LogP contribution in [0.4, 0.5) is 5.69 Å². The normalized spacial score (nSPS) is 19.7. The number of esters is 1. The molecule has 4 nitrogen and oxygen atoms in total. The van der Waals surface area contributed by atoms with Crippen LogP contribution in [0.3, 0.4) is 0 Å². The van der Waals surface area contributed by atoms with E-state index in [9.17, 15) is 9.59 Å². The molecule has 0 bridgehead atoms. The zero-order valence-corrected chi connectivity index (χ0v) is 16.2. The Labute approximate surface area is 160 Å². The summed E-state index contributed by atoms with van der Waals surface area (Å²) in [4.78, 5) is 27.1. The van der Waals surface area contributed by atoms with Gasteiger partial charge in [0.15, 0.2) is 0 Å². The molecule has 1 amide bonds. The van der Waals surface area contributed by atoms with Gasteiger partial charge in [-0.15, -0.1) is 0 Å². The Morgan fingerprint density at radius 2 is 1.69 bits per heavy atom. The highest BCUT2D eigenvalue weighted by molar-refractivity contribution is 9.10. The minimum Gasteiger partial charge on any atom is -0.456 e. The van der Waals surface area contributed by atoms with E-state index in [0.29, 0.717) is 11.3 Å². The standard InChI is InChI=1S/C21H18BrNO3/c1-12-7-13(2)9-16(8-12)23-18-11-26-21(25)20(18)17(10-19(23)24)14-3-5-15(22)6-4-14/h3-9,17H,10-11H2,1-2H3. The summed E-state index contributed by atoms with van der Waals surface area (Å²) in [6, 6.07) is 13.8. The van der Waals surface area contributed by atoms with E-state index < -0.39 is 0 Å². The van der Waals surface area contributed by atoms with Crippen LogP contribution in [0.5, 0.6) is 0 Å². The second-order valence-corrected chi connectivity index (χ2v) is 7.74. The summed E-state index contributed by atoms with van der Waals surface area (Å²) in [6.07, 6.45) is 0.253. The molecule has 0 saturated carbocycles. The number of ether oxygens (including phenoxy) is 1. The maximum absolute atomic E-state index is 13.0. The molecule has 2 aromatic carbocycles. The van der Waals surface area contributed by atoms with E-state index in [2.05, 4.69) is 22.0 Å². The number of carbonyl (C=O) groups excluding carboxylic acids is 2. The molecule has 0 fully saturated rings. The minimum atomic E-state index is -0.324. The fourth-order valence-corrected chi connectivity index (χ4v) is 4.08. The molecule has 2 heterocycles. The summed E-state index contributed by atoms with van der Waals surface area (Å²) in [5.74, 6) is -0.600. The molecule has 4 rings (SSSR count). The number of anilines is 1. The van der Waals surface area contributed by atoms with E-state index >= 15 is 0 Å². The molecule has 1 unspecified atom stereocenters. The average molecular weight is 412 g/mol. The van der Waals surface area contributed by atoms with Gasteiger partial charge in [-0.1, -0.05) is 34.1 Å². The molecule has 0 N–H and O–H groups in total. The summed E-state index contributed by atoms with van der Waals surface area (Å²) < 4.78 is 6.28. The van der Waals surface area contributed by atoms with Crippen molar-refractivity contribution in [3.63, 3.8) is 0 Å². The fraction of sp³-hybridized carbons (Fsp3) is 0.238. The third-order valence-corrected chi connectivity index (χ3v) is 5.38. The Morgan fingerprint density at radius 3 is 2.35 bits per heavy atom. The van der Waals surface area contributed by atoms with Gasteiger partial charge in [-0.25, -0.2) is 4.79 Å². The molecule has 0 saturated heterocycles. The van der Waals surface area contributed by atoms with Crippen molar-refractivity contribution in [1.82, 2.24) is 0 Å². The third-order valence-electron chi connectivity index (χ3n) is 4.85. The van der Waals surface area contributed by atoms with Crippen LogP contribution < -0.4 is 4.90 Å². The lowest BCUT2D eigenvalue weighted by Gasteiger charge is -2.32. The van der Waals surface area contributed by atoms with E-state index in [0.717, 1.165) is 26.9 Å². The van der Waals surface area contributed by atoms with Crippen LogP contribution in [0.15, 0.2) is 58.2 Å². The predicted molar refractivity (Wildman–Crippen MR) is 103 cm³/mol. The third kappa shape index (κ3) is 2.86. The SMILES string of the molecule is Cc1cc(C)cc(N2C(=O)CC(c3ccc(Br)cc3)C3=C2COC3=O)c1. The number of cyclic esters (lactones) is 1. The van der Waals surface area contributed by atoms with Crippen LogP contribution in [0.2, 0.25) is 0 Å². The van der Waals surface area contributed by atoms with Crippen LogP contribution in [0.1, 0.15) is 29.0 Å². The Bertz CT molecular complexity index is 926. The van der Waals surface area contributed by atoms with E-state index in [-0.39, 0.29) is 30.8 Å². The number of benzene rings is 2. The maximum Gasteiger partial charge on any atom is 0.336 e. The first-order valence-corrected chi connectivity index (χ1v) is 9.30. The first-order chi connectivity index (χ1) is 12.4. The van der Waals surface area contributed by atoms with Gasteiger partial charge < -0.3 is 4.74 Å². The van der Waals surface area contributed by atoms with Crippen molar-refractivity contribution in [2.45, 2.75) is 26.2 Å². The zero-order chi connectivity index (χ0) is 18.4. The smallest absolute Gasteiger partial charge is 0.336 e. The summed E-state index contributed by atoms with van der Waals surface area (Å²) in [7, 11) is 0. The van der Waals surface area contributed by atoms with E-state index in [1.807, 2.05) is 50.2 Å². The predicted octanol–water partition coefficient (Wildman–Crippen LogP) is 4.40. The number of rotatable bonds is 2. The first-order valence-electron chi connectivity index (χ1n) is 8.51. The lowest BCUT2D eigenvalue weighted by atomic mass is 9.84. The highest BCUT2D eigenvalue weighted by atomic mass is 79.9. The van der Waals surface area contributed by atoms with E-state index in [1.54, 1.807) is 4.90 Å². The second kappa shape index (κ2) is 6.40. The van der Waals surface area contributed by atoms with Gasteiger partial charge in [0.05, 0.1) is 11.3 Å². The number of nitrogens with zero attached hydrogens (tertiary/aromatic N) is 1. The molecule has 5 heteroatoms. The van der Waals surface area contributed by atoms with Gasteiger partial charge >= 0.3 is 5.97 Å². The maximum atomic E-state index is 13.0. The molecule has 0 aromatic heterocycles. The number of hydrogen-bond acceptors (Lipinski definition) is 3. The summed E-state index contributed by atoms with van der Waals surface area (Å²) in [5.41, 5.74) is 5.18. The van der Waals surface area contributed by atoms with Crippen LogP contribution in [-0.2, 0) is 14.3 Å². The molecule has 0 radical (unpaired) electrons. The lowest BCUT2D eigenvalue weighted by Crippen LogP contribution is -2.37. The van der Waals surface area contributed by atoms with Gasteiger partial charge in [0, 0.05) is 22.5 Å². The van der Waals surface area contributed by atoms with Gasteiger partial charge in [0.25, 0.3) is 0 Å². The molecular formula is C21H18BrNO3. The molecule has 2 aromatic rings. The topological polar surface area (TPSA) is 46.6 Å². The Kier molecular flexibility index (Phi) is 4.19. The zero-order valence-electron chi connectivity index (χ0n) is 14.6. The number of carbonyl (C=O) groups is 2. The van der Waals surface area contributed by atoms with Gasteiger partial charge in [-0.3, -0.25) is 9.69 Å². The molecule has 26 heavy (non-hydrogen) atoms. The van der Waals surface area contributed by atoms with Crippen molar-refractivity contribution in [3.05, 3.63) is 74.9 Å². The average Bonchev–Trinajstić information content (AvgIpc) is 2.95. The van der Waals surface area contributed by atoms with Gasteiger partial charge in [0.1, 0.15) is 6.61 Å². The number of halogens is 1. The van der Waals surface area contributed by atoms with Crippen molar-refractivity contribution >= 4 is 33.5 Å². The molecule has 0 spiro atoms. The Hall–Kier alpha value is -2.40. The van der Waals surface area contributed by atoms with E-state index in [4.69, 9.17) is 4.74 Å². The molecule has 2 aliphatic heterocycles. The molecule has 0 aliphatic carbocycles. The summed E-state index contributed by atoms with van der Waals surface area (Å²) in [5, 5.41) is 0. The molecular weight excluding hydrogens is 394 g/mol. The van der Waals surface area contributed by atoms with E-state index in [1.165, 1.54) is 0 Å². The monoisotopic (exact) mass is 411 g/mol. The van der Waals surface area contributed by atoms with Gasteiger partial charge in [-0.05, 0) is 54.8 Å². The highest BCUT2D eigenvalue weighted by Crippen LogP contribution is 2.42. The highest BCUT2D eigenvalue weighted by Gasteiger charge is 2.42. The summed E-state index contributed by atoms with van der Waals surface area (Å²) in [6.45, 7) is 4.14. The lowest BCUT2D eigenvalue weighted by molar-refractivity contribution is -0.136. The molecule has 2 aliphatic rings.